The van der Waals surface area contributed by atoms with Gasteiger partial charge in [0.05, 0.1) is 11.0 Å². The summed E-state index contributed by atoms with van der Waals surface area (Å²) in [5.41, 5.74) is 0.425. The first-order valence-corrected chi connectivity index (χ1v) is 4.65. The number of benzene rings is 1. The SMILES string of the molecule is CC(O)CCc1cc(O)ccc1[N+](=O)[O-]. The predicted molar refractivity (Wildman–Crippen MR) is 54.8 cm³/mol. The van der Waals surface area contributed by atoms with Gasteiger partial charge in [0.1, 0.15) is 5.75 Å². The topological polar surface area (TPSA) is 83.6 Å². The summed E-state index contributed by atoms with van der Waals surface area (Å²) < 4.78 is 0. The molecule has 0 bridgehead atoms. The van der Waals surface area contributed by atoms with Crippen LogP contribution in [-0.4, -0.2) is 21.2 Å². The molecule has 0 saturated carbocycles. The summed E-state index contributed by atoms with van der Waals surface area (Å²) in [7, 11) is 0. The van der Waals surface area contributed by atoms with E-state index in [-0.39, 0.29) is 11.4 Å². The van der Waals surface area contributed by atoms with Gasteiger partial charge in [0.2, 0.25) is 0 Å². The molecule has 0 spiro atoms. The number of nitro benzene ring substituents is 1. The number of aliphatic hydroxyl groups excluding tert-OH is 1. The molecule has 1 rings (SSSR count). The summed E-state index contributed by atoms with van der Waals surface area (Å²) >= 11 is 0. The van der Waals surface area contributed by atoms with Crippen molar-refractivity contribution in [3.05, 3.63) is 33.9 Å². The van der Waals surface area contributed by atoms with Crippen molar-refractivity contribution in [3.63, 3.8) is 0 Å². The maximum absolute atomic E-state index is 10.6. The second kappa shape index (κ2) is 4.75. The number of phenols is 1. The van der Waals surface area contributed by atoms with Crippen molar-refractivity contribution >= 4 is 5.69 Å². The lowest BCUT2D eigenvalue weighted by molar-refractivity contribution is -0.385. The average molecular weight is 211 g/mol. The molecule has 1 unspecified atom stereocenters. The van der Waals surface area contributed by atoms with Crippen molar-refractivity contribution in [2.24, 2.45) is 0 Å². The van der Waals surface area contributed by atoms with E-state index in [1.807, 2.05) is 0 Å². The van der Waals surface area contributed by atoms with E-state index in [1.54, 1.807) is 6.92 Å². The molecule has 5 nitrogen and oxygen atoms in total. The molecule has 0 aromatic heterocycles. The van der Waals surface area contributed by atoms with Gasteiger partial charge in [-0.3, -0.25) is 10.1 Å². The average Bonchev–Trinajstić information content (AvgIpc) is 2.14. The number of rotatable bonds is 4. The fourth-order valence-corrected chi connectivity index (χ4v) is 1.31. The van der Waals surface area contributed by atoms with Crippen molar-refractivity contribution in [2.75, 3.05) is 0 Å². The lowest BCUT2D eigenvalue weighted by Gasteiger charge is -2.05. The Morgan fingerprint density at radius 2 is 2.20 bits per heavy atom. The van der Waals surface area contributed by atoms with E-state index >= 15 is 0 Å². The first kappa shape index (κ1) is 11.5. The Labute approximate surface area is 87.1 Å². The van der Waals surface area contributed by atoms with Crippen LogP contribution in [-0.2, 0) is 6.42 Å². The number of hydrogen-bond donors (Lipinski definition) is 2. The van der Waals surface area contributed by atoms with Crippen LogP contribution in [0, 0.1) is 10.1 Å². The van der Waals surface area contributed by atoms with Gasteiger partial charge in [0.15, 0.2) is 0 Å². The van der Waals surface area contributed by atoms with E-state index in [2.05, 4.69) is 0 Å². The summed E-state index contributed by atoms with van der Waals surface area (Å²) in [6.45, 7) is 1.62. The Bertz CT molecular complexity index is 362. The largest absolute Gasteiger partial charge is 0.508 e. The number of nitro groups is 1. The molecular weight excluding hydrogens is 198 g/mol. The van der Waals surface area contributed by atoms with Gasteiger partial charge in [0.25, 0.3) is 5.69 Å². The highest BCUT2D eigenvalue weighted by Crippen LogP contribution is 2.24. The second-order valence-electron chi connectivity index (χ2n) is 3.46. The summed E-state index contributed by atoms with van der Waals surface area (Å²) in [6.07, 6.45) is 0.305. The molecule has 1 aromatic carbocycles. The Kier molecular flexibility index (Phi) is 3.62. The van der Waals surface area contributed by atoms with Crippen LogP contribution in [0.3, 0.4) is 0 Å². The van der Waals surface area contributed by atoms with Crippen LogP contribution in [0.1, 0.15) is 18.9 Å². The normalized spacial score (nSPS) is 12.4. The first-order valence-electron chi connectivity index (χ1n) is 4.65. The molecule has 0 saturated heterocycles. The quantitative estimate of drug-likeness (QED) is 0.585. The number of aryl methyl sites for hydroxylation is 1. The van der Waals surface area contributed by atoms with Gasteiger partial charge in [0, 0.05) is 11.6 Å². The Hall–Kier alpha value is -1.62. The van der Waals surface area contributed by atoms with Crippen molar-refractivity contribution in [3.8, 4) is 5.75 Å². The van der Waals surface area contributed by atoms with Gasteiger partial charge in [-0.25, -0.2) is 0 Å². The standard InChI is InChI=1S/C10H13NO4/c1-7(12)2-3-8-6-9(13)4-5-10(8)11(14)15/h4-7,12-13H,2-3H2,1H3. The van der Waals surface area contributed by atoms with Gasteiger partial charge in [-0.1, -0.05) is 0 Å². The summed E-state index contributed by atoms with van der Waals surface area (Å²) in [5, 5.41) is 28.9. The van der Waals surface area contributed by atoms with E-state index in [4.69, 9.17) is 5.11 Å². The molecule has 0 aliphatic rings. The van der Waals surface area contributed by atoms with Crippen LogP contribution in [0.25, 0.3) is 0 Å². The maximum atomic E-state index is 10.6. The molecule has 0 fully saturated rings. The Balaban J connectivity index is 2.92. The van der Waals surface area contributed by atoms with E-state index in [0.717, 1.165) is 0 Å². The van der Waals surface area contributed by atoms with Crippen LogP contribution >= 0.6 is 0 Å². The van der Waals surface area contributed by atoms with Gasteiger partial charge < -0.3 is 10.2 Å². The van der Waals surface area contributed by atoms with Crippen LogP contribution in [0.4, 0.5) is 5.69 Å². The molecule has 2 N–H and O–H groups in total. The minimum Gasteiger partial charge on any atom is -0.508 e. The minimum absolute atomic E-state index is 0.00110. The third kappa shape index (κ3) is 3.21. The minimum atomic E-state index is -0.507. The third-order valence-electron chi connectivity index (χ3n) is 2.09. The molecule has 1 aromatic rings. The number of phenolic OH excluding ortho intramolecular Hbond substituents is 1. The molecule has 0 aliphatic heterocycles. The van der Waals surface area contributed by atoms with Crippen molar-refractivity contribution < 1.29 is 15.1 Å². The number of aliphatic hydroxyl groups is 1. The smallest absolute Gasteiger partial charge is 0.272 e. The summed E-state index contributed by atoms with van der Waals surface area (Å²) in [6, 6.07) is 3.91. The van der Waals surface area contributed by atoms with Gasteiger partial charge >= 0.3 is 0 Å². The zero-order valence-electron chi connectivity index (χ0n) is 8.38. The second-order valence-corrected chi connectivity index (χ2v) is 3.46. The number of nitrogens with zero attached hydrogens (tertiary/aromatic N) is 1. The Morgan fingerprint density at radius 3 is 2.73 bits per heavy atom. The lowest BCUT2D eigenvalue weighted by Crippen LogP contribution is -2.03. The molecule has 1 atom stereocenters. The highest BCUT2D eigenvalue weighted by molar-refractivity contribution is 5.44. The zero-order chi connectivity index (χ0) is 11.4. The van der Waals surface area contributed by atoms with E-state index in [0.29, 0.717) is 18.4 Å². The van der Waals surface area contributed by atoms with Crippen LogP contribution in [0.2, 0.25) is 0 Å². The molecular formula is C10H13NO4. The van der Waals surface area contributed by atoms with Gasteiger partial charge in [-0.05, 0) is 31.9 Å². The van der Waals surface area contributed by atoms with Crippen LogP contribution in [0.15, 0.2) is 18.2 Å². The monoisotopic (exact) mass is 211 g/mol. The predicted octanol–water partition coefficient (Wildman–Crippen LogP) is 1.61. The first-order chi connectivity index (χ1) is 7.00. The van der Waals surface area contributed by atoms with Crippen LogP contribution < -0.4 is 0 Å². The molecule has 0 aliphatic carbocycles. The van der Waals surface area contributed by atoms with Gasteiger partial charge in [-0.2, -0.15) is 0 Å². The molecule has 5 heteroatoms. The fourth-order valence-electron chi connectivity index (χ4n) is 1.31. The summed E-state index contributed by atoms with van der Waals surface area (Å²) in [5.74, 6) is 0.00110. The molecule has 0 heterocycles. The molecule has 15 heavy (non-hydrogen) atoms. The highest BCUT2D eigenvalue weighted by atomic mass is 16.6. The third-order valence-corrected chi connectivity index (χ3v) is 2.09. The van der Waals surface area contributed by atoms with E-state index in [9.17, 15) is 15.2 Å². The van der Waals surface area contributed by atoms with Crippen molar-refractivity contribution in [1.29, 1.82) is 0 Å². The van der Waals surface area contributed by atoms with Gasteiger partial charge in [-0.15, -0.1) is 0 Å². The number of aromatic hydroxyl groups is 1. The van der Waals surface area contributed by atoms with E-state index in [1.165, 1.54) is 18.2 Å². The summed E-state index contributed by atoms with van der Waals surface area (Å²) in [4.78, 5) is 10.1. The fraction of sp³-hybridized carbons (Fsp3) is 0.400. The molecule has 0 amide bonds. The maximum Gasteiger partial charge on any atom is 0.272 e. The highest BCUT2D eigenvalue weighted by Gasteiger charge is 2.14. The molecule has 0 radical (unpaired) electrons. The van der Waals surface area contributed by atoms with Crippen molar-refractivity contribution in [1.82, 2.24) is 0 Å². The van der Waals surface area contributed by atoms with Crippen LogP contribution in [0.5, 0.6) is 5.75 Å². The zero-order valence-corrected chi connectivity index (χ0v) is 8.38. The van der Waals surface area contributed by atoms with E-state index < -0.39 is 11.0 Å². The Morgan fingerprint density at radius 1 is 1.53 bits per heavy atom. The lowest BCUT2D eigenvalue weighted by atomic mass is 10.1. The van der Waals surface area contributed by atoms with Crippen molar-refractivity contribution in [2.45, 2.75) is 25.9 Å². The molecule has 82 valence electrons. The number of hydrogen-bond acceptors (Lipinski definition) is 4.